The van der Waals surface area contributed by atoms with Crippen molar-refractivity contribution < 1.29 is 9.59 Å². The van der Waals surface area contributed by atoms with E-state index in [2.05, 4.69) is 10.3 Å². The molecule has 0 aliphatic carbocycles. The molecule has 3 aromatic carbocycles. The van der Waals surface area contributed by atoms with E-state index in [-0.39, 0.29) is 11.8 Å². The molecule has 1 N–H and O–H groups in total. The van der Waals surface area contributed by atoms with Gasteiger partial charge in [0.05, 0.1) is 10.9 Å². The fraction of sp³-hybridized carbons (Fsp3) is 0.185. The zero-order valence-corrected chi connectivity index (χ0v) is 19.8. The molecule has 0 radical (unpaired) electrons. The number of nitrogens with zero attached hydrogens (tertiary/aromatic N) is 3. The highest BCUT2D eigenvalue weighted by Gasteiger charge is 2.43. The molecule has 2 unspecified atom stereocenters. The van der Waals surface area contributed by atoms with Crippen LogP contribution in [0.15, 0.2) is 88.8 Å². The summed E-state index contributed by atoms with van der Waals surface area (Å²) in [7, 11) is 0. The number of benzene rings is 3. The van der Waals surface area contributed by atoms with Crippen LogP contribution in [0.1, 0.15) is 36.1 Å². The van der Waals surface area contributed by atoms with Crippen molar-refractivity contribution in [2.45, 2.75) is 31.6 Å². The van der Waals surface area contributed by atoms with E-state index in [1.165, 1.54) is 11.8 Å². The molecule has 6 nitrogen and oxygen atoms in total. The average Bonchev–Trinajstić information content (AvgIpc) is 3.21. The van der Waals surface area contributed by atoms with Gasteiger partial charge in [0.25, 0.3) is 5.91 Å². The Morgan fingerprint density at radius 1 is 1.00 bits per heavy atom. The van der Waals surface area contributed by atoms with Crippen LogP contribution >= 0.6 is 11.8 Å². The molecular weight excluding hydrogens is 444 g/mol. The fourth-order valence-corrected chi connectivity index (χ4v) is 5.12. The Bertz CT molecular complexity index is 1300. The summed E-state index contributed by atoms with van der Waals surface area (Å²) in [5, 5.41) is 3.22. The number of hydrogen-bond acceptors (Lipinski definition) is 5. The van der Waals surface area contributed by atoms with Crippen LogP contribution < -0.4 is 5.32 Å². The third kappa shape index (κ3) is 4.15. The molecule has 34 heavy (non-hydrogen) atoms. The second kappa shape index (κ2) is 9.27. The number of carbonyl (C=O) groups is 2. The summed E-state index contributed by atoms with van der Waals surface area (Å²) in [5.74, 6) is 0.252. The van der Waals surface area contributed by atoms with Crippen LogP contribution in [0, 0.1) is 6.92 Å². The Hall–Kier alpha value is -3.71. The molecule has 3 aromatic rings. The van der Waals surface area contributed by atoms with Gasteiger partial charge in [-0.2, -0.15) is 4.99 Å². The Kier molecular flexibility index (Phi) is 6.02. The van der Waals surface area contributed by atoms with Crippen LogP contribution in [0.4, 0.5) is 11.4 Å². The van der Waals surface area contributed by atoms with Crippen molar-refractivity contribution in [1.82, 2.24) is 4.90 Å². The molecule has 2 aliphatic heterocycles. The highest BCUT2D eigenvalue weighted by Crippen LogP contribution is 2.40. The van der Waals surface area contributed by atoms with Crippen LogP contribution in [0.2, 0.25) is 0 Å². The van der Waals surface area contributed by atoms with Crippen molar-refractivity contribution in [3.63, 3.8) is 0 Å². The van der Waals surface area contributed by atoms with Gasteiger partial charge in [0.2, 0.25) is 5.91 Å². The summed E-state index contributed by atoms with van der Waals surface area (Å²) in [6.07, 6.45) is 0.604. The van der Waals surface area contributed by atoms with Gasteiger partial charge in [0.1, 0.15) is 11.9 Å². The number of carbonyl (C=O) groups excluding carboxylic acids is 2. The zero-order chi connectivity index (χ0) is 23.7. The monoisotopic (exact) mass is 468 g/mol. The van der Waals surface area contributed by atoms with Crippen LogP contribution in [0.3, 0.4) is 0 Å². The third-order valence-electron chi connectivity index (χ3n) is 5.85. The summed E-state index contributed by atoms with van der Waals surface area (Å²) in [6, 6.07) is 24.4. The maximum atomic E-state index is 13.2. The van der Waals surface area contributed by atoms with Gasteiger partial charge in [0.15, 0.2) is 5.17 Å². The smallest absolute Gasteiger partial charge is 0.275 e. The molecule has 2 heterocycles. The van der Waals surface area contributed by atoms with Crippen LogP contribution in [0.5, 0.6) is 0 Å². The second-order valence-corrected chi connectivity index (χ2v) is 9.41. The number of thioether (sulfide) groups is 1. The lowest BCUT2D eigenvalue weighted by Crippen LogP contribution is -2.40. The fourth-order valence-electron chi connectivity index (χ4n) is 4.08. The number of para-hydroxylation sites is 1. The van der Waals surface area contributed by atoms with Gasteiger partial charge < -0.3 is 5.32 Å². The van der Waals surface area contributed by atoms with Crippen molar-refractivity contribution in [3.05, 3.63) is 95.6 Å². The first-order valence-electron chi connectivity index (χ1n) is 11.2. The minimum atomic E-state index is -0.603. The average molecular weight is 469 g/mol. The van der Waals surface area contributed by atoms with E-state index >= 15 is 0 Å². The molecule has 0 saturated carbocycles. The van der Waals surface area contributed by atoms with Crippen LogP contribution in [-0.2, 0) is 9.59 Å². The SMILES string of the molecule is CCC(SC1=Nc2ccccc2C2=NC(=O)C(c3ccccc3)N12)C(=O)Nc1ccc(C)cc1. The highest BCUT2D eigenvalue weighted by molar-refractivity contribution is 8.15. The number of aryl methyl sites for hydroxylation is 1. The quantitative estimate of drug-likeness (QED) is 0.538. The van der Waals surface area contributed by atoms with Crippen molar-refractivity contribution in [1.29, 1.82) is 0 Å². The summed E-state index contributed by atoms with van der Waals surface area (Å²) in [5.41, 5.74) is 4.29. The standard InChI is InChI=1S/C27H24N4O2S/c1-3-22(25(32)28-19-15-13-17(2)14-16-19)34-27-29-21-12-8-7-11-20(21)24-30-26(33)23(31(24)27)18-9-5-4-6-10-18/h4-16,22-23H,3H2,1-2H3,(H,28,32). The number of fused-ring (bicyclic) bond motifs is 3. The van der Waals surface area contributed by atoms with Crippen LogP contribution in [-0.4, -0.2) is 33.0 Å². The Morgan fingerprint density at radius 2 is 1.71 bits per heavy atom. The number of amides is 2. The molecule has 0 fully saturated rings. The first-order valence-corrected chi connectivity index (χ1v) is 12.1. The van der Waals surface area contributed by atoms with Crippen molar-refractivity contribution in [2.75, 3.05) is 5.32 Å². The number of aliphatic imine (C=N–C) groups is 2. The van der Waals surface area contributed by atoms with Gasteiger partial charge in [-0.1, -0.05) is 78.8 Å². The number of hydrogen-bond donors (Lipinski definition) is 1. The lowest BCUT2D eigenvalue weighted by atomic mass is 10.0. The Morgan fingerprint density at radius 3 is 2.44 bits per heavy atom. The van der Waals surface area contributed by atoms with Crippen LogP contribution in [0.25, 0.3) is 0 Å². The van der Waals surface area contributed by atoms with Gasteiger partial charge in [-0.25, -0.2) is 4.99 Å². The van der Waals surface area contributed by atoms with Crippen molar-refractivity contribution >= 4 is 46.0 Å². The lowest BCUT2D eigenvalue weighted by Gasteiger charge is -2.32. The van der Waals surface area contributed by atoms with E-state index in [9.17, 15) is 9.59 Å². The maximum absolute atomic E-state index is 13.2. The van der Waals surface area contributed by atoms with Gasteiger partial charge in [-0.3, -0.25) is 14.5 Å². The van der Waals surface area contributed by atoms with Gasteiger partial charge in [-0.15, -0.1) is 0 Å². The third-order valence-corrected chi connectivity index (χ3v) is 7.18. The maximum Gasteiger partial charge on any atom is 0.275 e. The minimum Gasteiger partial charge on any atom is -0.325 e. The number of rotatable bonds is 5. The van der Waals surface area contributed by atoms with Crippen molar-refractivity contribution in [2.24, 2.45) is 9.98 Å². The topological polar surface area (TPSA) is 74.1 Å². The molecule has 7 heteroatoms. The van der Waals surface area contributed by atoms with Gasteiger partial charge in [-0.05, 0) is 43.2 Å². The summed E-state index contributed by atoms with van der Waals surface area (Å²) >= 11 is 1.37. The van der Waals surface area contributed by atoms with E-state index in [1.54, 1.807) is 0 Å². The summed E-state index contributed by atoms with van der Waals surface area (Å²) in [6.45, 7) is 3.98. The molecule has 0 bridgehead atoms. The molecular formula is C27H24N4O2S. The normalized spacial score (nSPS) is 17.4. The summed E-state index contributed by atoms with van der Waals surface area (Å²) < 4.78 is 0. The minimum absolute atomic E-state index is 0.0989. The Labute approximate surface area is 202 Å². The van der Waals surface area contributed by atoms with E-state index in [1.807, 2.05) is 97.6 Å². The van der Waals surface area contributed by atoms with E-state index in [0.29, 0.717) is 17.4 Å². The van der Waals surface area contributed by atoms with E-state index in [0.717, 1.165) is 28.1 Å². The molecule has 0 aromatic heterocycles. The lowest BCUT2D eigenvalue weighted by molar-refractivity contribution is -0.119. The number of anilines is 1. The molecule has 0 spiro atoms. The van der Waals surface area contributed by atoms with Gasteiger partial charge >= 0.3 is 0 Å². The molecule has 170 valence electrons. The van der Waals surface area contributed by atoms with E-state index < -0.39 is 11.3 Å². The molecule has 2 atom stereocenters. The first-order chi connectivity index (χ1) is 16.5. The molecule has 2 amide bonds. The largest absolute Gasteiger partial charge is 0.325 e. The van der Waals surface area contributed by atoms with Gasteiger partial charge in [0, 0.05) is 11.3 Å². The summed E-state index contributed by atoms with van der Waals surface area (Å²) in [4.78, 5) is 37.4. The first kappa shape index (κ1) is 22.1. The molecule has 0 saturated heterocycles. The zero-order valence-electron chi connectivity index (χ0n) is 18.9. The predicted molar refractivity (Wildman–Crippen MR) is 138 cm³/mol. The highest BCUT2D eigenvalue weighted by atomic mass is 32.2. The predicted octanol–water partition coefficient (Wildman–Crippen LogP) is 5.48. The molecule has 5 rings (SSSR count). The second-order valence-electron chi connectivity index (χ2n) is 8.24. The molecule has 2 aliphatic rings. The number of nitrogens with one attached hydrogen (secondary N) is 1. The number of amidine groups is 2. The van der Waals surface area contributed by atoms with Crippen molar-refractivity contribution in [3.8, 4) is 0 Å². The van der Waals surface area contributed by atoms with E-state index in [4.69, 9.17) is 4.99 Å². The Balaban J connectivity index is 1.48.